The van der Waals surface area contributed by atoms with E-state index in [1.165, 1.54) is 37.4 Å². The Balaban J connectivity index is 1.42. The Kier molecular flexibility index (Phi) is 6.33. The van der Waals surface area contributed by atoms with Crippen molar-refractivity contribution >= 4 is 17.7 Å². The number of hydrogen-bond donors (Lipinski definition) is 2. The smallest absolute Gasteiger partial charge is 0.230 e. The first kappa shape index (κ1) is 17.8. The van der Waals surface area contributed by atoms with E-state index in [0.717, 1.165) is 29.5 Å². The summed E-state index contributed by atoms with van der Waals surface area (Å²) >= 11 is 1.36. The first-order valence-corrected chi connectivity index (χ1v) is 9.66. The maximum atomic E-state index is 12.0. The average molecular weight is 360 g/mol. The maximum Gasteiger partial charge on any atom is 0.230 e. The number of amides is 1. The van der Waals surface area contributed by atoms with Crippen LogP contribution in [0.3, 0.4) is 0 Å². The highest BCUT2D eigenvalue weighted by molar-refractivity contribution is 7.99. The predicted molar refractivity (Wildman–Crippen MR) is 97.6 cm³/mol. The monoisotopic (exact) mass is 360 g/mol. The molecule has 1 aliphatic carbocycles. The number of carbonyl (C=O) groups excluding carboxylic acids is 1. The molecule has 3 rings (SSSR count). The largest absolute Gasteiger partial charge is 0.496 e. The molecule has 0 bridgehead atoms. The van der Waals surface area contributed by atoms with Gasteiger partial charge in [0.2, 0.25) is 11.1 Å². The van der Waals surface area contributed by atoms with Gasteiger partial charge in [-0.05, 0) is 12.0 Å². The minimum atomic E-state index is -0.0435. The number of nitrogens with zero attached hydrogens (tertiary/aromatic N) is 2. The van der Waals surface area contributed by atoms with Crippen molar-refractivity contribution in [1.82, 2.24) is 20.5 Å². The number of nitrogens with one attached hydrogen (secondary N) is 2. The van der Waals surface area contributed by atoms with E-state index in [0.29, 0.717) is 17.5 Å². The molecule has 0 atom stereocenters. The standard InChI is InChI=1S/C18H24N4O2S/c1-24-15-9-5-4-8-14(15)11-19-17(23)12-25-18-20-16(21-22-18)10-13-6-2-3-7-13/h4-5,8-9,13H,2-3,6-7,10-12H2,1H3,(H,19,23)(H,20,21,22). The topological polar surface area (TPSA) is 79.9 Å². The van der Waals surface area contributed by atoms with E-state index >= 15 is 0 Å². The van der Waals surface area contributed by atoms with Crippen molar-refractivity contribution in [2.75, 3.05) is 12.9 Å². The number of rotatable bonds is 8. The van der Waals surface area contributed by atoms with Crippen molar-refractivity contribution in [2.45, 2.75) is 43.8 Å². The first-order chi connectivity index (χ1) is 12.2. The lowest BCUT2D eigenvalue weighted by Gasteiger charge is -2.09. The van der Waals surface area contributed by atoms with Crippen molar-refractivity contribution < 1.29 is 9.53 Å². The highest BCUT2D eigenvalue weighted by Gasteiger charge is 2.17. The van der Waals surface area contributed by atoms with Crippen LogP contribution >= 0.6 is 11.8 Å². The van der Waals surface area contributed by atoms with Crippen molar-refractivity contribution in [3.8, 4) is 5.75 Å². The molecule has 0 saturated heterocycles. The molecule has 1 fully saturated rings. The number of thioether (sulfide) groups is 1. The summed E-state index contributed by atoms with van der Waals surface area (Å²) in [5.41, 5.74) is 0.958. The minimum absolute atomic E-state index is 0.0435. The summed E-state index contributed by atoms with van der Waals surface area (Å²) in [4.78, 5) is 16.5. The Hall–Kier alpha value is -2.02. The summed E-state index contributed by atoms with van der Waals surface area (Å²) in [7, 11) is 1.63. The highest BCUT2D eigenvalue weighted by Crippen LogP contribution is 2.27. The van der Waals surface area contributed by atoms with E-state index in [1.54, 1.807) is 7.11 Å². The van der Waals surface area contributed by atoms with Crippen LogP contribution in [0.1, 0.15) is 37.1 Å². The van der Waals surface area contributed by atoms with E-state index < -0.39 is 0 Å². The number of H-pyrrole nitrogens is 1. The van der Waals surface area contributed by atoms with Crippen LogP contribution in [0, 0.1) is 5.92 Å². The molecule has 0 spiro atoms. The van der Waals surface area contributed by atoms with Gasteiger partial charge in [-0.25, -0.2) is 4.98 Å². The molecule has 2 N–H and O–H groups in total. The second-order valence-corrected chi connectivity index (χ2v) is 7.24. The zero-order valence-electron chi connectivity index (χ0n) is 14.5. The second-order valence-electron chi connectivity index (χ2n) is 6.30. The molecule has 1 aromatic heterocycles. The Bertz CT molecular complexity index is 698. The van der Waals surface area contributed by atoms with Crippen LogP contribution in [0.4, 0.5) is 0 Å². The zero-order chi connectivity index (χ0) is 17.5. The average Bonchev–Trinajstić information content (AvgIpc) is 3.31. The van der Waals surface area contributed by atoms with E-state index in [4.69, 9.17) is 4.74 Å². The van der Waals surface area contributed by atoms with Crippen LogP contribution in [0.2, 0.25) is 0 Å². The molecule has 1 aliphatic rings. The van der Waals surface area contributed by atoms with Gasteiger partial charge in [0, 0.05) is 18.5 Å². The Morgan fingerprint density at radius 2 is 2.16 bits per heavy atom. The molecule has 0 aliphatic heterocycles. The fraction of sp³-hybridized carbons (Fsp3) is 0.500. The normalized spacial score (nSPS) is 14.6. The number of aromatic nitrogens is 3. The lowest BCUT2D eigenvalue weighted by Crippen LogP contribution is -2.24. The molecular weight excluding hydrogens is 336 g/mol. The Morgan fingerprint density at radius 1 is 1.36 bits per heavy atom. The van der Waals surface area contributed by atoms with Crippen molar-refractivity contribution in [3.63, 3.8) is 0 Å². The van der Waals surface area contributed by atoms with Crippen LogP contribution < -0.4 is 10.1 Å². The van der Waals surface area contributed by atoms with Crippen LogP contribution in [-0.4, -0.2) is 34.0 Å². The molecule has 6 nitrogen and oxygen atoms in total. The van der Waals surface area contributed by atoms with Gasteiger partial charge in [0.25, 0.3) is 0 Å². The molecule has 7 heteroatoms. The summed E-state index contributed by atoms with van der Waals surface area (Å²) in [6, 6.07) is 7.66. The van der Waals surface area contributed by atoms with Gasteiger partial charge in [-0.2, -0.15) is 0 Å². The van der Waals surface area contributed by atoms with Crippen molar-refractivity contribution in [3.05, 3.63) is 35.7 Å². The zero-order valence-corrected chi connectivity index (χ0v) is 15.3. The number of aromatic amines is 1. The number of para-hydroxylation sites is 1. The lowest BCUT2D eigenvalue weighted by molar-refractivity contribution is -0.118. The van der Waals surface area contributed by atoms with Crippen LogP contribution in [-0.2, 0) is 17.8 Å². The van der Waals surface area contributed by atoms with Crippen molar-refractivity contribution in [1.29, 1.82) is 0 Å². The third kappa shape index (κ3) is 5.22. The number of methoxy groups -OCH3 is 1. The van der Waals surface area contributed by atoms with Gasteiger partial charge in [0.05, 0.1) is 12.9 Å². The Labute approximate surface area is 152 Å². The third-order valence-corrected chi connectivity index (χ3v) is 5.32. The SMILES string of the molecule is COc1ccccc1CNC(=O)CSc1n[nH]c(CC2CCCC2)n1. The predicted octanol–water partition coefficient (Wildman–Crippen LogP) is 2.95. The second kappa shape index (κ2) is 8.89. The molecule has 25 heavy (non-hydrogen) atoms. The number of hydrogen-bond acceptors (Lipinski definition) is 5. The van der Waals surface area contributed by atoms with E-state index in [-0.39, 0.29) is 5.91 Å². The van der Waals surface area contributed by atoms with E-state index in [1.807, 2.05) is 24.3 Å². The summed E-state index contributed by atoms with van der Waals surface area (Å²) in [6.07, 6.45) is 6.19. The van der Waals surface area contributed by atoms with Gasteiger partial charge in [0.1, 0.15) is 11.6 Å². The molecule has 1 amide bonds. The molecule has 2 aromatic rings. The molecule has 1 saturated carbocycles. The van der Waals surface area contributed by atoms with Crippen LogP contribution in [0.25, 0.3) is 0 Å². The van der Waals surface area contributed by atoms with Crippen molar-refractivity contribution in [2.24, 2.45) is 5.92 Å². The van der Waals surface area contributed by atoms with Gasteiger partial charge in [0.15, 0.2) is 0 Å². The van der Waals surface area contributed by atoms with E-state index in [2.05, 4.69) is 20.5 Å². The van der Waals surface area contributed by atoms with Gasteiger partial charge in [-0.1, -0.05) is 55.6 Å². The van der Waals surface area contributed by atoms with Gasteiger partial charge in [-0.3, -0.25) is 9.89 Å². The minimum Gasteiger partial charge on any atom is -0.496 e. The molecule has 134 valence electrons. The maximum absolute atomic E-state index is 12.0. The van der Waals surface area contributed by atoms with Gasteiger partial charge < -0.3 is 10.1 Å². The van der Waals surface area contributed by atoms with Gasteiger partial charge >= 0.3 is 0 Å². The highest BCUT2D eigenvalue weighted by atomic mass is 32.2. The van der Waals surface area contributed by atoms with Crippen LogP contribution in [0.15, 0.2) is 29.4 Å². The van der Waals surface area contributed by atoms with Crippen LogP contribution in [0.5, 0.6) is 5.75 Å². The fourth-order valence-electron chi connectivity index (χ4n) is 3.15. The summed E-state index contributed by atoms with van der Waals surface area (Å²) < 4.78 is 5.28. The Morgan fingerprint density at radius 3 is 2.96 bits per heavy atom. The molecule has 1 heterocycles. The quantitative estimate of drug-likeness (QED) is 0.708. The number of ether oxygens (including phenoxy) is 1. The molecule has 0 radical (unpaired) electrons. The summed E-state index contributed by atoms with van der Waals surface area (Å²) in [5, 5.41) is 10.7. The first-order valence-electron chi connectivity index (χ1n) is 8.67. The van der Waals surface area contributed by atoms with E-state index in [9.17, 15) is 4.79 Å². The summed E-state index contributed by atoms with van der Waals surface area (Å²) in [5.74, 6) is 2.70. The third-order valence-electron chi connectivity index (χ3n) is 4.47. The number of benzene rings is 1. The molecule has 0 unspecified atom stereocenters. The molecular formula is C18H24N4O2S. The van der Waals surface area contributed by atoms with Gasteiger partial charge in [-0.15, -0.1) is 5.10 Å². The number of carbonyl (C=O) groups is 1. The molecule has 1 aromatic carbocycles. The lowest BCUT2D eigenvalue weighted by atomic mass is 10.0. The fourth-order valence-corrected chi connectivity index (χ4v) is 3.79. The summed E-state index contributed by atoms with van der Waals surface area (Å²) in [6.45, 7) is 0.449.